The molecule has 0 fully saturated rings. The van der Waals surface area contributed by atoms with Crippen LogP contribution in [0.1, 0.15) is 12.5 Å². The smallest absolute Gasteiger partial charge is 0.308 e. The number of carbonyl (C=O) groups is 2. The summed E-state index contributed by atoms with van der Waals surface area (Å²) in [6.07, 6.45) is 1.38. The minimum absolute atomic E-state index is 0.158. The summed E-state index contributed by atoms with van der Waals surface area (Å²) in [4.78, 5) is 23.7. The van der Waals surface area contributed by atoms with Gasteiger partial charge in [0.2, 0.25) is 0 Å². The summed E-state index contributed by atoms with van der Waals surface area (Å²) in [7, 11) is 1.42. The second kappa shape index (κ2) is 9.78. The van der Waals surface area contributed by atoms with Gasteiger partial charge in [-0.25, -0.2) is 0 Å². The molecule has 0 saturated heterocycles. The number of ether oxygens (including phenoxy) is 2. The van der Waals surface area contributed by atoms with E-state index >= 15 is 0 Å². The Hall–Kier alpha value is -2.28. The van der Waals surface area contributed by atoms with Gasteiger partial charge in [-0.2, -0.15) is 5.26 Å². The van der Waals surface area contributed by atoms with Crippen LogP contribution < -0.4 is 14.8 Å². The van der Waals surface area contributed by atoms with E-state index < -0.39 is 11.9 Å². The lowest BCUT2D eigenvalue weighted by molar-refractivity contribution is -0.132. The maximum absolute atomic E-state index is 12.5. The summed E-state index contributed by atoms with van der Waals surface area (Å²) in [6.45, 7) is 1.28. The molecule has 28 heavy (non-hydrogen) atoms. The summed E-state index contributed by atoms with van der Waals surface area (Å²) in [5.74, 6) is -0.579. The van der Waals surface area contributed by atoms with Crippen molar-refractivity contribution in [1.29, 1.82) is 5.26 Å². The number of rotatable bonds is 5. The summed E-state index contributed by atoms with van der Waals surface area (Å²) in [5.41, 5.74) is 0.646. The van der Waals surface area contributed by atoms with Crippen molar-refractivity contribution >= 4 is 69.4 Å². The zero-order valence-corrected chi connectivity index (χ0v) is 18.3. The second-order valence-electron chi connectivity index (χ2n) is 5.38. The molecule has 0 radical (unpaired) electrons. The van der Waals surface area contributed by atoms with E-state index in [1.54, 1.807) is 18.2 Å². The molecule has 0 aromatic heterocycles. The number of halogens is 3. The van der Waals surface area contributed by atoms with E-state index in [0.717, 1.165) is 0 Å². The molecule has 0 bridgehead atoms. The number of methoxy groups -OCH3 is 1. The minimum atomic E-state index is -0.648. The molecule has 0 spiro atoms. The average molecular weight is 531 g/mol. The van der Waals surface area contributed by atoms with Crippen molar-refractivity contribution in [2.24, 2.45) is 0 Å². The van der Waals surface area contributed by atoms with E-state index in [-0.39, 0.29) is 22.0 Å². The third-order valence-electron chi connectivity index (χ3n) is 3.35. The molecule has 1 amide bonds. The van der Waals surface area contributed by atoms with Crippen molar-refractivity contribution in [1.82, 2.24) is 0 Å². The van der Waals surface area contributed by atoms with Gasteiger partial charge in [0.1, 0.15) is 11.6 Å². The predicted molar refractivity (Wildman–Crippen MR) is 116 cm³/mol. The van der Waals surface area contributed by atoms with E-state index in [1.165, 1.54) is 32.2 Å². The maximum atomic E-state index is 12.5. The highest BCUT2D eigenvalue weighted by atomic mass is 127. The van der Waals surface area contributed by atoms with Crippen molar-refractivity contribution in [3.63, 3.8) is 0 Å². The molecule has 1 N–H and O–H groups in total. The zero-order chi connectivity index (χ0) is 20.8. The van der Waals surface area contributed by atoms with Crippen LogP contribution in [0.15, 0.2) is 35.9 Å². The Morgan fingerprint density at radius 1 is 1.25 bits per heavy atom. The Bertz CT molecular complexity index is 1020. The SMILES string of the molecule is COc1cc(/C=C(/C#N)C(=O)Nc2cc(Cl)ccc2Cl)cc(I)c1OC(C)=O. The molecular formula is C19H13Cl2IN2O4. The maximum Gasteiger partial charge on any atom is 0.308 e. The molecule has 0 aliphatic rings. The largest absolute Gasteiger partial charge is 0.493 e. The fourth-order valence-electron chi connectivity index (χ4n) is 2.16. The average Bonchev–Trinajstić information content (AvgIpc) is 2.64. The van der Waals surface area contributed by atoms with E-state index in [0.29, 0.717) is 19.9 Å². The Balaban J connectivity index is 2.37. The Morgan fingerprint density at radius 2 is 1.96 bits per heavy atom. The molecule has 144 valence electrons. The second-order valence-corrected chi connectivity index (χ2v) is 7.38. The van der Waals surface area contributed by atoms with Crippen LogP contribution in [0.3, 0.4) is 0 Å². The first-order valence-electron chi connectivity index (χ1n) is 7.69. The molecular weight excluding hydrogens is 518 g/mol. The van der Waals surface area contributed by atoms with Gasteiger partial charge in [-0.1, -0.05) is 23.2 Å². The van der Waals surface area contributed by atoms with Crippen molar-refractivity contribution in [3.05, 3.63) is 55.1 Å². The first kappa shape index (κ1) is 22.0. The van der Waals surface area contributed by atoms with Gasteiger partial charge in [0.15, 0.2) is 11.5 Å². The van der Waals surface area contributed by atoms with E-state index in [9.17, 15) is 14.9 Å². The van der Waals surface area contributed by atoms with Crippen LogP contribution >= 0.6 is 45.8 Å². The Labute approximate surface area is 185 Å². The molecule has 0 heterocycles. The number of carbonyl (C=O) groups excluding carboxylic acids is 2. The number of nitrogens with zero attached hydrogens (tertiary/aromatic N) is 1. The highest BCUT2D eigenvalue weighted by molar-refractivity contribution is 14.1. The number of hydrogen-bond acceptors (Lipinski definition) is 5. The van der Waals surface area contributed by atoms with Gasteiger partial charge in [-0.15, -0.1) is 0 Å². The van der Waals surface area contributed by atoms with Gasteiger partial charge in [0.25, 0.3) is 5.91 Å². The monoisotopic (exact) mass is 530 g/mol. The molecule has 0 atom stereocenters. The van der Waals surface area contributed by atoms with Crippen molar-refractivity contribution < 1.29 is 19.1 Å². The van der Waals surface area contributed by atoms with Crippen LogP contribution in [0.5, 0.6) is 11.5 Å². The third kappa shape index (κ3) is 5.61. The molecule has 0 unspecified atom stereocenters. The zero-order valence-electron chi connectivity index (χ0n) is 14.7. The van der Waals surface area contributed by atoms with Crippen molar-refractivity contribution in [2.45, 2.75) is 6.92 Å². The van der Waals surface area contributed by atoms with Gasteiger partial charge in [0.05, 0.1) is 21.4 Å². The number of anilines is 1. The molecule has 9 heteroatoms. The van der Waals surface area contributed by atoms with Gasteiger partial charge >= 0.3 is 5.97 Å². The van der Waals surface area contributed by atoms with E-state index in [1.807, 2.05) is 28.7 Å². The highest BCUT2D eigenvalue weighted by Gasteiger charge is 2.16. The lowest BCUT2D eigenvalue weighted by Gasteiger charge is -2.11. The van der Waals surface area contributed by atoms with Crippen LogP contribution in [-0.4, -0.2) is 19.0 Å². The van der Waals surface area contributed by atoms with Crippen LogP contribution in [-0.2, 0) is 9.59 Å². The van der Waals surface area contributed by atoms with E-state index in [2.05, 4.69) is 5.32 Å². The minimum Gasteiger partial charge on any atom is -0.493 e. The molecule has 0 saturated carbocycles. The third-order valence-corrected chi connectivity index (χ3v) is 4.72. The number of nitrogens with one attached hydrogen (secondary N) is 1. The molecule has 6 nitrogen and oxygen atoms in total. The van der Waals surface area contributed by atoms with Crippen LogP contribution in [0.2, 0.25) is 10.0 Å². The van der Waals surface area contributed by atoms with Gasteiger partial charge in [-0.3, -0.25) is 9.59 Å². The normalized spacial score (nSPS) is 10.8. The standard InChI is InChI=1S/C19H13Cl2IN2O4/c1-10(25)28-18-15(22)6-11(7-17(18)27-2)5-12(9-23)19(26)24-16-8-13(20)3-4-14(16)21/h3-8H,1-2H3,(H,24,26)/b12-5-. The number of hydrogen-bond donors (Lipinski definition) is 1. The van der Waals surface area contributed by atoms with Crippen LogP contribution in [0.4, 0.5) is 5.69 Å². The fourth-order valence-corrected chi connectivity index (χ4v) is 3.24. The number of nitriles is 1. The quantitative estimate of drug-likeness (QED) is 0.191. The van der Waals surface area contributed by atoms with Gasteiger partial charge in [-0.05, 0) is 64.6 Å². The molecule has 2 aromatic rings. The summed E-state index contributed by atoms with van der Waals surface area (Å²) >= 11 is 13.9. The number of amides is 1. The fraction of sp³-hybridized carbons (Fsp3) is 0.105. The molecule has 0 aliphatic heterocycles. The lowest BCUT2D eigenvalue weighted by Crippen LogP contribution is -2.13. The number of esters is 1. The van der Waals surface area contributed by atoms with E-state index in [4.69, 9.17) is 32.7 Å². The summed E-state index contributed by atoms with van der Waals surface area (Å²) in [6, 6.07) is 9.66. The number of benzene rings is 2. The van der Waals surface area contributed by atoms with Gasteiger partial charge in [0, 0.05) is 11.9 Å². The first-order valence-corrected chi connectivity index (χ1v) is 9.52. The van der Waals surface area contributed by atoms with Crippen molar-refractivity contribution in [2.75, 3.05) is 12.4 Å². The Kier molecular flexibility index (Phi) is 7.69. The Morgan fingerprint density at radius 3 is 2.57 bits per heavy atom. The first-order chi connectivity index (χ1) is 13.2. The lowest BCUT2D eigenvalue weighted by atomic mass is 10.1. The van der Waals surface area contributed by atoms with Crippen LogP contribution in [0.25, 0.3) is 6.08 Å². The predicted octanol–water partition coefficient (Wildman–Crippen LogP) is 5.08. The van der Waals surface area contributed by atoms with Crippen LogP contribution in [0, 0.1) is 14.9 Å². The summed E-state index contributed by atoms with van der Waals surface area (Å²) < 4.78 is 11.0. The topological polar surface area (TPSA) is 88.4 Å². The van der Waals surface area contributed by atoms with Gasteiger partial charge < -0.3 is 14.8 Å². The highest BCUT2D eigenvalue weighted by Crippen LogP contribution is 2.35. The molecule has 0 aliphatic carbocycles. The molecule has 2 rings (SSSR count). The van der Waals surface area contributed by atoms with Crippen molar-refractivity contribution in [3.8, 4) is 17.6 Å². The molecule has 2 aromatic carbocycles. The summed E-state index contributed by atoms with van der Waals surface area (Å²) in [5, 5.41) is 12.6.